The van der Waals surface area contributed by atoms with Crippen molar-refractivity contribution in [3.63, 3.8) is 0 Å². The molecule has 3 N–H and O–H groups in total. The number of carbonyl (C=O) groups is 1. The molecule has 0 aliphatic heterocycles. The second-order valence-electron chi connectivity index (χ2n) is 4.73. The molecular formula is C16H16Cl2N2O2. The Kier molecular flexibility index (Phi) is 6.07. The van der Waals surface area contributed by atoms with E-state index in [0.717, 1.165) is 5.69 Å². The molecule has 0 bridgehead atoms. The molecule has 4 nitrogen and oxygen atoms in total. The predicted molar refractivity (Wildman–Crippen MR) is 91.1 cm³/mol. The molecule has 2 aromatic rings. The van der Waals surface area contributed by atoms with Crippen LogP contribution in [0, 0.1) is 0 Å². The molecule has 0 aliphatic carbocycles. The van der Waals surface area contributed by atoms with Gasteiger partial charge in [-0.3, -0.25) is 4.79 Å². The zero-order chi connectivity index (χ0) is 15.9. The summed E-state index contributed by atoms with van der Waals surface area (Å²) in [5.41, 5.74) is 2.03. The van der Waals surface area contributed by atoms with Crippen LogP contribution in [0.1, 0.15) is 10.4 Å². The molecule has 0 heterocycles. The molecule has 0 spiro atoms. The van der Waals surface area contributed by atoms with Gasteiger partial charge in [0.2, 0.25) is 0 Å². The number of nitrogens with one attached hydrogen (secondary N) is 2. The van der Waals surface area contributed by atoms with Crippen LogP contribution in [0.2, 0.25) is 5.02 Å². The molecule has 22 heavy (non-hydrogen) atoms. The Morgan fingerprint density at radius 3 is 2.23 bits per heavy atom. The first-order chi connectivity index (χ1) is 10.6. The lowest BCUT2D eigenvalue weighted by Gasteiger charge is -2.10. The van der Waals surface area contributed by atoms with Gasteiger partial charge in [0.15, 0.2) is 0 Å². The summed E-state index contributed by atoms with van der Waals surface area (Å²) in [6, 6.07) is 13.9. The molecule has 0 aromatic heterocycles. The van der Waals surface area contributed by atoms with E-state index in [0.29, 0.717) is 22.8 Å². The summed E-state index contributed by atoms with van der Waals surface area (Å²) in [4.78, 5) is 12.1. The maximum atomic E-state index is 12.1. The number of hydrogen-bond donors (Lipinski definition) is 3. The zero-order valence-electron chi connectivity index (χ0n) is 11.7. The van der Waals surface area contributed by atoms with Crippen LogP contribution in [-0.4, -0.2) is 29.5 Å². The van der Waals surface area contributed by atoms with E-state index in [1.165, 1.54) is 0 Å². The quantitative estimate of drug-likeness (QED) is 0.705. The normalized spacial score (nSPS) is 11.8. The Morgan fingerprint density at radius 1 is 1.05 bits per heavy atom. The fourth-order valence-electron chi connectivity index (χ4n) is 1.77. The summed E-state index contributed by atoms with van der Waals surface area (Å²) in [5.74, 6) is -0.0242. The van der Waals surface area contributed by atoms with Crippen molar-refractivity contribution in [1.29, 1.82) is 0 Å². The van der Waals surface area contributed by atoms with Gasteiger partial charge >= 0.3 is 0 Å². The van der Waals surface area contributed by atoms with Crippen molar-refractivity contribution in [1.82, 2.24) is 0 Å². The number of aliphatic hydroxyl groups excluding tert-OH is 1. The summed E-state index contributed by atoms with van der Waals surface area (Å²) < 4.78 is 0. The smallest absolute Gasteiger partial charge is 0.255 e. The standard InChI is InChI=1S/C16H16Cl2N2O2/c17-9-15(21)10-19-13-5-1-11(2-6-13)16(22)20-14-7-3-12(18)4-8-14/h1-8,15,19,21H,9-10H2,(H,20,22). The lowest BCUT2D eigenvalue weighted by atomic mass is 10.2. The largest absolute Gasteiger partial charge is 0.390 e. The first-order valence-electron chi connectivity index (χ1n) is 6.73. The van der Waals surface area contributed by atoms with Crippen LogP contribution in [0.15, 0.2) is 48.5 Å². The Hall–Kier alpha value is -1.75. The van der Waals surface area contributed by atoms with Crippen molar-refractivity contribution in [2.24, 2.45) is 0 Å². The number of alkyl halides is 1. The SMILES string of the molecule is O=C(Nc1ccc(Cl)cc1)c1ccc(NCC(O)CCl)cc1. The fourth-order valence-corrected chi connectivity index (χ4v) is 2.00. The van der Waals surface area contributed by atoms with Gasteiger partial charge in [0.1, 0.15) is 0 Å². The summed E-state index contributed by atoms with van der Waals surface area (Å²) in [5, 5.41) is 15.8. The van der Waals surface area contributed by atoms with Gasteiger partial charge in [0.25, 0.3) is 5.91 Å². The first kappa shape index (κ1) is 16.6. The van der Waals surface area contributed by atoms with Crippen LogP contribution in [0.3, 0.4) is 0 Å². The maximum absolute atomic E-state index is 12.1. The number of hydrogen-bond acceptors (Lipinski definition) is 3. The molecule has 0 saturated carbocycles. The number of halogens is 2. The molecule has 0 aliphatic rings. The minimum atomic E-state index is -0.602. The van der Waals surface area contributed by atoms with E-state index in [9.17, 15) is 9.90 Å². The second-order valence-corrected chi connectivity index (χ2v) is 5.47. The van der Waals surface area contributed by atoms with Crippen LogP contribution in [0.25, 0.3) is 0 Å². The van der Waals surface area contributed by atoms with E-state index in [4.69, 9.17) is 23.2 Å². The third-order valence-electron chi connectivity index (χ3n) is 2.97. The van der Waals surface area contributed by atoms with E-state index in [1.807, 2.05) is 0 Å². The highest BCUT2D eigenvalue weighted by atomic mass is 35.5. The number of anilines is 2. The fraction of sp³-hybridized carbons (Fsp3) is 0.188. The molecule has 116 valence electrons. The summed E-state index contributed by atoms with van der Waals surface area (Å²) >= 11 is 11.3. The molecule has 0 saturated heterocycles. The lowest BCUT2D eigenvalue weighted by molar-refractivity contribution is 0.102. The summed E-state index contributed by atoms with van der Waals surface area (Å²) in [6.07, 6.45) is -0.602. The molecular weight excluding hydrogens is 323 g/mol. The minimum Gasteiger partial charge on any atom is -0.390 e. The van der Waals surface area contributed by atoms with Crippen LogP contribution < -0.4 is 10.6 Å². The third-order valence-corrected chi connectivity index (χ3v) is 3.58. The Morgan fingerprint density at radius 2 is 1.64 bits per heavy atom. The van der Waals surface area contributed by atoms with E-state index in [-0.39, 0.29) is 11.8 Å². The van der Waals surface area contributed by atoms with E-state index in [1.54, 1.807) is 48.5 Å². The number of carbonyl (C=O) groups excluding carboxylic acids is 1. The summed E-state index contributed by atoms with van der Waals surface area (Å²) in [7, 11) is 0. The van der Waals surface area contributed by atoms with Crippen LogP contribution in [0.4, 0.5) is 11.4 Å². The topological polar surface area (TPSA) is 61.4 Å². The Bertz CT molecular complexity index is 615. The minimum absolute atomic E-state index is 0.175. The highest BCUT2D eigenvalue weighted by Crippen LogP contribution is 2.15. The number of rotatable bonds is 6. The molecule has 2 rings (SSSR count). The van der Waals surface area contributed by atoms with Gasteiger partial charge in [0, 0.05) is 28.5 Å². The molecule has 1 atom stereocenters. The van der Waals surface area contributed by atoms with Crippen molar-refractivity contribution >= 4 is 40.5 Å². The molecule has 2 aromatic carbocycles. The predicted octanol–water partition coefficient (Wildman–Crippen LogP) is 3.60. The van der Waals surface area contributed by atoms with E-state index in [2.05, 4.69) is 10.6 Å². The summed E-state index contributed by atoms with van der Waals surface area (Å²) in [6.45, 7) is 0.361. The third kappa shape index (κ3) is 4.91. The Labute approximate surface area is 139 Å². The van der Waals surface area contributed by atoms with Gasteiger partial charge in [-0.05, 0) is 48.5 Å². The molecule has 0 radical (unpaired) electrons. The number of benzene rings is 2. The van der Waals surface area contributed by atoms with Crippen molar-refractivity contribution in [2.75, 3.05) is 23.1 Å². The second kappa shape index (κ2) is 8.03. The van der Waals surface area contributed by atoms with Crippen LogP contribution in [-0.2, 0) is 0 Å². The number of aliphatic hydroxyl groups is 1. The van der Waals surface area contributed by atoms with Crippen molar-refractivity contribution < 1.29 is 9.90 Å². The van der Waals surface area contributed by atoms with E-state index >= 15 is 0 Å². The van der Waals surface area contributed by atoms with Crippen molar-refractivity contribution in [2.45, 2.75) is 6.10 Å². The maximum Gasteiger partial charge on any atom is 0.255 e. The van der Waals surface area contributed by atoms with Crippen LogP contribution >= 0.6 is 23.2 Å². The molecule has 0 fully saturated rings. The molecule has 1 unspecified atom stereocenters. The monoisotopic (exact) mass is 338 g/mol. The Balaban J connectivity index is 1.94. The van der Waals surface area contributed by atoms with Gasteiger partial charge in [-0.25, -0.2) is 0 Å². The van der Waals surface area contributed by atoms with Gasteiger partial charge in [-0.15, -0.1) is 11.6 Å². The van der Waals surface area contributed by atoms with E-state index < -0.39 is 6.10 Å². The first-order valence-corrected chi connectivity index (χ1v) is 7.64. The highest BCUT2D eigenvalue weighted by Gasteiger charge is 2.06. The lowest BCUT2D eigenvalue weighted by Crippen LogP contribution is -2.20. The number of amides is 1. The molecule has 6 heteroatoms. The van der Waals surface area contributed by atoms with Gasteiger partial charge in [-0.2, -0.15) is 0 Å². The van der Waals surface area contributed by atoms with Crippen LogP contribution in [0.5, 0.6) is 0 Å². The van der Waals surface area contributed by atoms with Gasteiger partial charge in [-0.1, -0.05) is 11.6 Å². The van der Waals surface area contributed by atoms with Crippen molar-refractivity contribution in [3.05, 3.63) is 59.1 Å². The molecule has 1 amide bonds. The average Bonchev–Trinajstić information content (AvgIpc) is 2.55. The highest BCUT2D eigenvalue weighted by molar-refractivity contribution is 6.30. The van der Waals surface area contributed by atoms with Gasteiger partial charge < -0.3 is 15.7 Å². The average molecular weight is 339 g/mol. The zero-order valence-corrected chi connectivity index (χ0v) is 13.2. The van der Waals surface area contributed by atoms with Crippen molar-refractivity contribution in [3.8, 4) is 0 Å². The van der Waals surface area contributed by atoms with Gasteiger partial charge in [0.05, 0.1) is 12.0 Å².